The van der Waals surface area contributed by atoms with Gasteiger partial charge in [0, 0.05) is 22.4 Å². The van der Waals surface area contributed by atoms with Crippen molar-refractivity contribution in [1.82, 2.24) is 20.2 Å². The highest BCUT2D eigenvalue weighted by Gasteiger charge is 2.19. The van der Waals surface area contributed by atoms with E-state index in [0.717, 1.165) is 16.8 Å². The van der Waals surface area contributed by atoms with Gasteiger partial charge >= 0.3 is 0 Å². The molecule has 1 N–H and O–H groups in total. The Bertz CT molecular complexity index is 1470. The Morgan fingerprint density at radius 1 is 1.00 bits per heavy atom. The second kappa shape index (κ2) is 11.4. The Labute approximate surface area is 225 Å². The van der Waals surface area contributed by atoms with Crippen LogP contribution in [0.4, 0.5) is 0 Å². The first-order valence-electron chi connectivity index (χ1n) is 12.0. The summed E-state index contributed by atoms with van der Waals surface area (Å²) >= 11 is 1.23. The van der Waals surface area contributed by atoms with Gasteiger partial charge in [0.15, 0.2) is 11.0 Å². The number of nitrogens with zero attached hydrogens (tertiary/aromatic N) is 4. The first kappa shape index (κ1) is 26.8. The fraction of sp³-hybridized carbons (Fsp3) is 0.207. The Hall–Kier alpha value is -4.24. The van der Waals surface area contributed by atoms with Gasteiger partial charge in [-0.3, -0.25) is 9.36 Å². The molecule has 1 aromatic heterocycles. The molecule has 3 aromatic carbocycles. The molecular weight excluding hydrogens is 498 g/mol. The summed E-state index contributed by atoms with van der Waals surface area (Å²) in [7, 11) is 0. The van der Waals surface area contributed by atoms with Crippen molar-refractivity contribution in [1.29, 1.82) is 0 Å². The average molecular weight is 527 g/mol. The van der Waals surface area contributed by atoms with Crippen LogP contribution in [0.1, 0.15) is 47.8 Å². The number of carbonyl (C=O) groups is 2. The molecular formula is C29H28N5O3S-. The Balaban J connectivity index is 1.54. The fourth-order valence-electron chi connectivity index (χ4n) is 3.73. The highest BCUT2D eigenvalue weighted by molar-refractivity contribution is 7.99. The van der Waals surface area contributed by atoms with Crippen LogP contribution in [0.15, 0.2) is 83.1 Å². The number of carbonyl (C=O) groups excluding carboxylic acids is 2. The van der Waals surface area contributed by atoms with Crippen molar-refractivity contribution in [2.45, 2.75) is 38.3 Å². The molecule has 1 heterocycles. The van der Waals surface area contributed by atoms with Crippen LogP contribution in [-0.4, -0.2) is 38.6 Å². The number of nitrogens with one attached hydrogen (secondary N) is 1. The third-order valence-electron chi connectivity index (χ3n) is 5.84. The summed E-state index contributed by atoms with van der Waals surface area (Å²) in [6.07, 6.45) is 1.28. The van der Waals surface area contributed by atoms with Crippen molar-refractivity contribution in [3.63, 3.8) is 0 Å². The highest BCUT2D eigenvalue weighted by atomic mass is 32.2. The summed E-state index contributed by atoms with van der Waals surface area (Å²) in [5.41, 5.74) is 6.94. The largest absolute Gasteiger partial charge is 0.545 e. The van der Waals surface area contributed by atoms with Crippen LogP contribution in [0.3, 0.4) is 0 Å². The number of carboxylic acids is 1. The second-order valence-corrected chi connectivity index (χ2v) is 10.7. The summed E-state index contributed by atoms with van der Waals surface area (Å²) in [5.74, 6) is -0.971. The molecule has 0 aliphatic carbocycles. The number of hydrogen-bond acceptors (Lipinski definition) is 7. The van der Waals surface area contributed by atoms with Gasteiger partial charge in [-0.25, -0.2) is 5.43 Å². The quantitative estimate of drug-likeness (QED) is 0.210. The van der Waals surface area contributed by atoms with E-state index in [1.165, 1.54) is 29.6 Å². The summed E-state index contributed by atoms with van der Waals surface area (Å²) in [4.78, 5) is 23.7. The van der Waals surface area contributed by atoms with E-state index in [2.05, 4.69) is 53.6 Å². The van der Waals surface area contributed by atoms with E-state index in [0.29, 0.717) is 16.5 Å². The maximum atomic E-state index is 12.5. The van der Waals surface area contributed by atoms with E-state index in [4.69, 9.17) is 0 Å². The number of thioether (sulfide) groups is 1. The summed E-state index contributed by atoms with van der Waals surface area (Å²) in [6.45, 7) is 8.53. The minimum absolute atomic E-state index is 0.00543. The van der Waals surface area contributed by atoms with Crippen LogP contribution < -0.4 is 10.5 Å². The number of aryl methyl sites for hydroxylation is 1. The molecule has 0 atom stereocenters. The number of benzene rings is 3. The maximum Gasteiger partial charge on any atom is 0.250 e. The lowest BCUT2D eigenvalue weighted by Crippen LogP contribution is -2.24. The predicted octanol–water partition coefficient (Wildman–Crippen LogP) is 4.15. The van der Waals surface area contributed by atoms with Crippen LogP contribution in [0.25, 0.3) is 17.1 Å². The van der Waals surface area contributed by atoms with E-state index in [9.17, 15) is 14.7 Å². The van der Waals surface area contributed by atoms with Gasteiger partial charge in [-0.2, -0.15) is 5.10 Å². The molecule has 0 radical (unpaired) electrons. The van der Waals surface area contributed by atoms with Gasteiger partial charge in [0.1, 0.15) is 0 Å². The lowest BCUT2D eigenvalue weighted by molar-refractivity contribution is -0.255. The van der Waals surface area contributed by atoms with E-state index in [1.807, 2.05) is 47.9 Å². The third-order valence-corrected chi connectivity index (χ3v) is 6.77. The molecule has 0 aliphatic heterocycles. The number of aromatic nitrogens is 3. The fourth-order valence-corrected chi connectivity index (χ4v) is 4.47. The van der Waals surface area contributed by atoms with Crippen LogP contribution >= 0.6 is 11.8 Å². The molecule has 0 fully saturated rings. The minimum Gasteiger partial charge on any atom is -0.545 e. The molecule has 0 bridgehead atoms. The zero-order chi connectivity index (χ0) is 27.3. The Kier molecular flexibility index (Phi) is 8.07. The molecule has 4 rings (SSSR count). The molecule has 8 nitrogen and oxygen atoms in total. The van der Waals surface area contributed by atoms with Crippen molar-refractivity contribution in [2.75, 3.05) is 5.75 Å². The summed E-state index contributed by atoms with van der Waals surface area (Å²) in [5, 5.41) is 24.5. The molecule has 38 heavy (non-hydrogen) atoms. The number of hydrazone groups is 1. The van der Waals surface area contributed by atoms with Gasteiger partial charge in [-0.1, -0.05) is 98.8 Å². The van der Waals surface area contributed by atoms with E-state index in [1.54, 1.807) is 18.2 Å². The predicted molar refractivity (Wildman–Crippen MR) is 147 cm³/mol. The first-order valence-corrected chi connectivity index (χ1v) is 13.0. The Morgan fingerprint density at radius 3 is 2.34 bits per heavy atom. The summed E-state index contributed by atoms with van der Waals surface area (Å²) in [6, 6.07) is 22.6. The minimum atomic E-state index is -1.31. The zero-order valence-corrected chi connectivity index (χ0v) is 22.5. The molecule has 0 saturated heterocycles. The molecule has 0 spiro atoms. The molecule has 0 aliphatic rings. The van der Waals surface area contributed by atoms with E-state index < -0.39 is 5.97 Å². The monoisotopic (exact) mass is 526 g/mol. The van der Waals surface area contributed by atoms with Crippen molar-refractivity contribution in [3.05, 3.63) is 95.1 Å². The van der Waals surface area contributed by atoms with Gasteiger partial charge in [0.05, 0.1) is 17.9 Å². The first-order chi connectivity index (χ1) is 18.1. The lowest BCUT2D eigenvalue weighted by atomic mass is 9.87. The number of aromatic carboxylic acids is 1. The number of carboxylic acid groups (broad SMARTS) is 1. The van der Waals surface area contributed by atoms with Gasteiger partial charge < -0.3 is 9.90 Å². The smallest absolute Gasteiger partial charge is 0.250 e. The lowest BCUT2D eigenvalue weighted by Gasteiger charge is -2.19. The molecule has 0 unspecified atom stereocenters. The van der Waals surface area contributed by atoms with Gasteiger partial charge in [-0.05, 0) is 30.0 Å². The summed E-state index contributed by atoms with van der Waals surface area (Å²) < 4.78 is 1.93. The molecule has 1 amide bonds. The third kappa shape index (κ3) is 6.36. The van der Waals surface area contributed by atoms with Crippen LogP contribution in [0.5, 0.6) is 0 Å². The van der Waals surface area contributed by atoms with E-state index >= 15 is 0 Å². The second-order valence-electron chi connectivity index (χ2n) is 9.76. The van der Waals surface area contributed by atoms with Crippen molar-refractivity contribution in [3.8, 4) is 17.1 Å². The molecule has 194 valence electrons. The molecule has 4 aromatic rings. The maximum absolute atomic E-state index is 12.5. The number of amides is 1. The SMILES string of the molecule is Cc1ccc(-n2c(SCC(=O)N/N=C/c3ccccc3C(=O)[O-])nnc2-c2ccc(C(C)(C)C)cc2)cc1. The number of rotatable bonds is 8. The van der Waals surface area contributed by atoms with Crippen molar-refractivity contribution in [2.24, 2.45) is 5.10 Å². The standard InChI is InChI=1S/C29H29N5O3S/c1-19-9-15-23(16-10-19)34-26(20-11-13-22(14-12-20)29(2,3)4)32-33-28(34)38-18-25(35)31-30-17-21-7-5-6-8-24(21)27(36)37/h5-17H,18H2,1-4H3,(H,31,35)(H,36,37)/p-1/b30-17+. The molecule has 0 saturated carbocycles. The average Bonchev–Trinajstić information content (AvgIpc) is 3.31. The molecule has 9 heteroatoms. The van der Waals surface area contributed by atoms with Crippen molar-refractivity contribution < 1.29 is 14.7 Å². The van der Waals surface area contributed by atoms with Crippen molar-refractivity contribution >= 4 is 29.9 Å². The topological polar surface area (TPSA) is 112 Å². The Morgan fingerprint density at radius 2 is 1.68 bits per heavy atom. The zero-order valence-electron chi connectivity index (χ0n) is 21.6. The van der Waals surface area contributed by atoms with Crippen LogP contribution in [0, 0.1) is 6.92 Å². The van der Waals surface area contributed by atoms with Crippen LogP contribution in [-0.2, 0) is 10.2 Å². The van der Waals surface area contributed by atoms with Crippen LogP contribution in [0.2, 0.25) is 0 Å². The van der Waals surface area contributed by atoms with E-state index in [-0.39, 0.29) is 22.6 Å². The van der Waals surface area contributed by atoms with Gasteiger partial charge in [-0.15, -0.1) is 10.2 Å². The normalized spacial score (nSPS) is 11.6. The highest BCUT2D eigenvalue weighted by Crippen LogP contribution is 2.30. The van der Waals surface area contributed by atoms with Gasteiger partial charge in [0.25, 0.3) is 5.91 Å². The number of hydrogen-bond donors (Lipinski definition) is 1. The van der Waals surface area contributed by atoms with Gasteiger partial charge in [0.2, 0.25) is 0 Å².